The van der Waals surface area contributed by atoms with E-state index >= 15 is 0 Å². The predicted molar refractivity (Wildman–Crippen MR) is 100 cm³/mol. The van der Waals surface area contributed by atoms with Crippen LogP contribution in [-0.2, 0) is 11.3 Å². The zero-order valence-corrected chi connectivity index (χ0v) is 14.6. The molecule has 1 saturated heterocycles. The van der Waals surface area contributed by atoms with Gasteiger partial charge in [0.15, 0.2) is 0 Å². The van der Waals surface area contributed by atoms with E-state index < -0.39 is 0 Å². The fourth-order valence-corrected chi connectivity index (χ4v) is 3.35. The fraction of sp³-hybridized carbons (Fsp3) is 0.273. The predicted octanol–water partition coefficient (Wildman–Crippen LogP) is 4.73. The van der Waals surface area contributed by atoms with Crippen molar-refractivity contribution in [3.8, 4) is 11.5 Å². The van der Waals surface area contributed by atoms with Crippen molar-refractivity contribution in [2.45, 2.75) is 25.0 Å². The van der Waals surface area contributed by atoms with Gasteiger partial charge in [-0.05, 0) is 54.4 Å². The van der Waals surface area contributed by atoms with Crippen LogP contribution in [-0.4, -0.2) is 19.2 Å². The molecule has 1 aliphatic rings. The molecular weight excluding hydrogens is 326 g/mol. The second kappa shape index (κ2) is 8.21. The van der Waals surface area contributed by atoms with Crippen LogP contribution in [0.15, 0.2) is 77.6 Å². The third kappa shape index (κ3) is 4.15. The molecule has 2 heterocycles. The Balaban J connectivity index is 1.35. The van der Waals surface area contributed by atoms with Crippen molar-refractivity contribution in [1.82, 2.24) is 5.32 Å². The Bertz CT molecular complexity index is 784. The minimum absolute atomic E-state index is 0.154. The molecule has 0 aliphatic carbocycles. The van der Waals surface area contributed by atoms with E-state index in [0.29, 0.717) is 12.5 Å². The molecular formula is C22H23NO3. The van der Waals surface area contributed by atoms with Crippen LogP contribution in [0.1, 0.15) is 23.5 Å². The van der Waals surface area contributed by atoms with Gasteiger partial charge >= 0.3 is 0 Å². The van der Waals surface area contributed by atoms with Crippen LogP contribution in [0.5, 0.6) is 11.5 Å². The summed E-state index contributed by atoms with van der Waals surface area (Å²) in [6.07, 6.45) is 4.79. The largest absolute Gasteiger partial charge is 0.472 e. The van der Waals surface area contributed by atoms with Crippen molar-refractivity contribution in [1.29, 1.82) is 0 Å². The molecule has 0 saturated carbocycles. The number of piperidine rings is 1. The molecule has 3 aromatic rings. The zero-order chi connectivity index (χ0) is 17.6. The molecule has 26 heavy (non-hydrogen) atoms. The molecule has 0 radical (unpaired) electrons. The minimum atomic E-state index is 0.154. The van der Waals surface area contributed by atoms with Crippen molar-refractivity contribution in [2.75, 3.05) is 13.1 Å². The summed E-state index contributed by atoms with van der Waals surface area (Å²) in [4.78, 5) is 0. The molecule has 0 spiro atoms. The second-order valence-corrected chi connectivity index (χ2v) is 6.56. The summed E-state index contributed by atoms with van der Waals surface area (Å²) in [5.41, 5.74) is 2.37. The highest BCUT2D eigenvalue weighted by molar-refractivity contribution is 5.32. The maximum absolute atomic E-state index is 6.22. The van der Waals surface area contributed by atoms with Crippen molar-refractivity contribution >= 4 is 0 Å². The Hall–Kier alpha value is -2.56. The van der Waals surface area contributed by atoms with E-state index in [0.717, 1.165) is 36.6 Å². The summed E-state index contributed by atoms with van der Waals surface area (Å²) >= 11 is 0. The van der Waals surface area contributed by atoms with Gasteiger partial charge in [0.2, 0.25) is 0 Å². The van der Waals surface area contributed by atoms with E-state index in [1.165, 1.54) is 5.56 Å². The number of hydrogen-bond acceptors (Lipinski definition) is 4. The average molecular weight is 349 g/mol. The number of hydrogen-bond donors (Lipinski definition) is 1. The summed E-state index contributed by atoms with van der Waals surface area (Å²) in [5, 5.41) is 3.42. The lowest BCUT2D eigenvalue weighted by atomic mass is 9.89. The molecule has 1 fully saturated rings. The van der Waals surface area contributed by atoms with Gasteiger partial charge in [-0.3, -0.25) is 0 Å². The van der Waals surface area contributed by atoms with Crippen molar-refractivity contribution in [3.63, 3.8) is 0 Å². The number of ether oxygens (including phenoxy) is 2. The first-order valence-corrected chi connectivity index (χ1v) is 9.05. The Morgan fingerprint density at radius 3 is 2.54 bits per heavy atom. The van der Waals surface area contributed by atoms with Gasteiger partial charge in [-0.15, -0.1) is 0 Å². The zero-order valence-electron chi connectivity index (χ0n) is 14.6. The van der Waals surface area contributed by atoms with Crippen LogP contribution in [0.25, 0.3) is 0 Å². The molecule has 1 aromatic heterocycles. The van der Waals surface area contributed by atoms with Crippen LogP contribution in [0.4, 0.5) is 0 Å². The molecule has 1 aliphatic heterocycles. The van der Waals surface area contributed by atoms with Gasteiger partial charge in [0.05, 0.1) is 25.2 Å². The molecule has 2 unspecified atom stereocenters. The summed E-state index contributed by atoms with van der Waals surface area (Å²) in [7, 11) is 0. The van der Waals surface area contributed by atoms with Crippen molar-refractivity contribution < 1.29 is 13.9 Å². The monoisotopic (exact) mass is 349 g/mol. The van der Waals surface area contributed by atoms with E-state index in [9.17, 15) is 0 Å². The lowest BCUT2D eigenvalue weighted by molar-refractivity contribution is 0.0105. The molecule has 4 rings (SSSR count). The van der Waals surface area contributed by atoms with E-state index in [2.05, 4.69) is 17.4 Å². The number of benzene rings is 2. The first kappa shape index (κ1) is 16.9. The fourth-order valence-electron chi connectivity index (χ4n) is 3.35. The van der Waals surface area contributed by atoms with E-state index in [4.69, 9.17) is 13.9 Å². The Labute approximate surface area is 153 Å². The number of furan rings is 1. The highest BCUT2D eigenvalue weighted by Crippen LogP contribution is 2.29. The smallest absolute Gasteiger partial charge is 0.127 e. The molecule has 0 bridgehead atoms. The first-order chi connectivity index (χ1) is 12.9. The van der Waals surface area contributed by atoms with Gasteiger partial charge in [0.1, 0.15) is 11.5 Å². The Morgan fingerprint density at radius 2 is 1.77 bits per heavy atom. The molecule has 4 heteroatoms. The van der Waals surface area contributed by atoms with Gasteiger partial charge in [-0.2, -0.15) is 0 Å². The summed E-state index contributed by atoms with van der Waals surface area (Å²) in [6, 6.07) is 19.9. The van der Waals surface area contributed by atoms with E-state index in [1.54, 1.807) is 6.26 Å². The number of para-hydroxylation sites is 1. The second-order valence-electron chi connectivity index (χ2n) is 6.56. The molecule has 2 aromatic carbocycles. The average Bonchev–Trinajstić information content (AvgIpc) is 3.23. The number of rotatable bonds is 6. The SMILES string of the molecule is c1ccc(Oc2ccc(COC3CNCCC3c3ccoc3)cc2)cc1. The third-order valence-electron chi connectivity index (χ3n) is 4.76. The van der Waals surface area contributed by atoms with Crippen LogP contribution in [0.3, 0.4) is 0 Å². The highest BCUT2D eigenvalue weighted by Gasteiger charge is 2.27. The van der Waals surface area contributed by atoms with Gasteiger partial charge in [-0.25, -0.2) is 0 Å². The molecule has 4 nitrogen and oxygen atoms in total. The molecule has 134 valence electrons. The molecule has 0 amide bonds. The Kier molecular flexibility index (Phi) is 5.33. The van der Waals surface area contributed by atoms with Gasteiger partial charge in [-0.1, -0.05) is 30.3 Å². The standard InChI is InChI=1S/C22H23NO3/c1-2-4-19(5-3-1)26-20-8-6-17(7-9-20)15-25-22-14-23-12-10-21(22)18-11-13-24-16-18/h1-9,11,13,16,21-23H,10,12,14-15H2. The van der Waals surface area contributed by atoms with Gasteiger partial charge in [0.25, 0.3) is 0 Å². The number of nitrogens with one attached hydrogen (secondary N) is 1. The van der Waals surface area contributed by atoms with Crippen LogP contribution in [0, 0.1) is 0 Å². The Morgan fingerprint density at radius 1 is 0.962 bits per heavy atom. The minimum Gasteiger partial charge on any atom is -0.472 e. The van der Waals surface area contributed by atoms with Gasteiger partial charge in [0, 0.05) is 12.5 Å². The summed E-state index contributed by atoms with van der Waals surface area (Å²) < 4.78 is 17.3. The van der Waals surface area contributed by atoms with Crippen molar-refractivity contribution in [2.24, 2.45) is 0 Å². The maximum Gasteiger partial charge on any atom is 0.127 e. The maximum atomic E-state index is 6.22. The van der Waals surface area contributed by atoms with Crippen LogP contribution < -0.4 is 10.1 Å². The van der Waals surface area contributed by atoms with E-state index in [1.807, 2.05) is 54.8 Å². The van der Waals surface area contributed by atoms with Crippen LogP contribution >= 0.6 is 0 Å². The lowest BCUT2D eigenvalue weighted by Gasteiger charge is -2.31. The van der Waals surface area contributed by atoms with Crippen LogP contribution in [0.2, 0.25) is 0 Å². The normalized spacial score (nSPS) is 20.0. The summed E-state index contributed by atoms with van der Waals surface area (Å²) in [5.74, 6) is 2.05. The molecule has 1 N–H and O–H groups in total. The quantitative estimate of drug-likeness (QED) is 0.698. The third-order valence-corrected chi connectivity index (χ3v) is 4.76. The lowest BCUT2D eigenvalue weighted by Crippen LogP contribution is -2.40. The molecule has 2 atom stereocenters. The van der Waals surface area contributed by atoms with E-state index in [-0.39, 0.29) is 6.10 Å². The highest BCUT2D eigenvalue weighted by atomic mass is 16.5. The van der Waals surface area contributed by atoms with Crippen molar-refractivity contribution in [3.05, 3.63) is 84.3 Å². The summed E-state index contributed by atoms with van der Waals surface area (Å²) in [6.45, 7) is 2.47. The topological polar surface area (TPSA) is 43.6 Å². The first-order valence-electron chi connectivity index (χ1n) is 9.05. The van der Waals surface area contributed by atoms with Gasteiger partial charge < -0.3 is 19.2 Å².